The molecule has 0 aromatic rings. The largest absolute Gasteiger partial charge is 0.633 e. The molecular formula is C28H61NO5S. The van der Waals surface area contributed by atoms with Gasteiger partial charge in [0, 0.05) is 0 Å². The van der Waals surface area contributed by atoms with Crippen molar-refractivity contribution in [3.8, 4) is 0 Å². The Kier molecular flexibility index (Phi) is 28.3. The van der Waals surface area contributed by atoms with E-state index >= 15 is 0 Å². The molecule has 0 spiro atoms. The van der Waals surface area contributed by atoms with Gasteiger partial charge in [-0.2, -0.15) is 8.42 Å². The molecule has 35 heavy (non-hydrogen) atoms. The van der Waals surface area contributed by atoms with Crippen LogP contribution in [0.4, 0.5) is 0 Å². The predicted octanol–water partition coefficient (Wildman–Crippen LogP) is 8.99. The maximum Gasteiger partial charge on any atom is 0.397 e. The summed E-state index contributed by atoms with van der Waals surface area (Å²) in [5, 5.41) is 11.3. The molecule has 7 heteroatoms. The molecule has 0 aromatic heterocycles. The maximum absolute atomic E-state index is 11.3. The van der Waals surface area contributed by atoms with Crippen LogP contribution in [-0.4, -0.2) is 44.9 Å². The lowest BCUT2D eigenvalue weighted by atomic mass is 10.1. The second kappa shape index (κ2) is 26.8. The molecule has 214 valence electrons. The van der Waals surface area contributed by atoms with E-state index < -0.39 is 10.4 Å². The van der Waals surface area contributed by atoms with Crippen molar-refractivity contribution in [1.82, 2.24) is 0 Å². The second-order valence-corrected chi connectivity index (χ2v) is 11.7. The number of rotatable bonds is 25. The SMILES string of the molecule is CCCCCCCCCCCCCC[N+](C)(C)[O-].CCCCCCCCCCCCOS(=O)(=O)O. The van der Waals surface area contributed by atoms with Crippen LogP contribution >= 0.6 is 0 Å². The summed E-state index contributed by atoms with van der Waals surface area (Å²) >= 11 is 0. The van der Waals surface area contributed by atoms with E-state index in [1.807, 2.05) is 0 Å². The lowest BCUT2D eigenvalue weighted by molar-refractivity contribution is -0.840. The van der Waals surface area contributed by atoms with Gasteiger partial charge in [-0.25, -0.2) is 4.18 Å². The Morgan fingerprint density at radius 3 is 1.14 bits per heavy atom. The first-order chi connectivity index (χ1) is 16.6. The molecular weight excluding hydrogens is 462 g/mol. The highest BCUT2D eigenvalue weighted by molar-refractivity contribution is 7.80. The lowest BCUT2D eigenvalue weighted by Crippen LogP contribution is -2.32. The first kappa shape index (κ1) is 36.9. The summed E-state index contributed by atoms with van der Waals surface area (Å²) in [4.78, 5) is 0. The van der Waals surface area contributed by atoms with Gasteiger partial charge in [0.1, 0.15) is 0 Å². The molecule has 0 amide bonds. The van der Waals surface area contributed by atoms with Crippen LogP contribution < -0.4 is 0 Å². The molecule has 0 saturated heterocycles. The van der Waals surface area contributed by atoms with Crippen LogP contribution in [0.1, 0.15) is 155 Å². The number of nitrogens with zero attached hydrogens (tertiary/aromatic N) is 1. The normalized spacial score (nSPS) is 11.9. The van der Waals surface area contributed by atoms with E-state index in [-0.39, 0.29) is 11.3 Å². The van der Waals surface area contributed by atoms with Gasteiger partial charge in [-0.3, -0.25) is 4.55 Å². The zero-order valence-corrected chi connectivity index (χ0v) is 24.7. The molecule has 0 atom stereocenters. The van der Waals surface area contributed by atoms with E-state index in [0.717, 1.165) is 25.8 Å². The standard InChI is InChI=1S/C16H35NO.C12H26O4S/c1-4-5-6-7-8-9-10-11-12-13-14-15-16-17(2,3)18;1-2-3-4-5-6-7-8-9-10-11-12-16-17(13,14)15/h4-16H2,1-3H3;2-12H2,1H3,(H,13,14,15). The Bertz CT molecular complexity index is 506. The third-order valence-corrected chi connectivity index (χ3v) is 6.74. The van der Waals surface area contributed by atoms with Crippen molar-refractivity contribution in [2.75, 3.05) is 27.2 Å². The zero-order valence-electron chi connectivity index (χ0n) is 23.9. The topological polar surface area (TPSA) is 86.7 Å². The number of hydrogen-bond acceptors (Lipinski definition) is 4. The van der Waals surface area contributed by atoms with Crippen molar-refractivity contribution in [2.24, 2.45) is 0 Å². The molecule has 0 saturated carbocycles. The van der Waals surface area contributed by atoms with E-state index in [1.54, 1.807) is 14.1 Å². The van der Waals surface area contributed by atoms with E-state index in [4.69, 9.17) is 4.55 Å². The van der Waals surface area contributed by atoms with Crippen molar-refractivity contribution in [1.29, 1.82) is 0 Å². The Hall–Kier alpha value is -0.210. The molecule has 0 bridgehead atoms. The molecule has 0 fully saturated rings. The van der Waals surface area contributed by atoms with Crippen LogP contribution in [-0.2, 0) is 14.6 Å². The lowest BCUT2D eigenvalue weighted by Gasteiger charge is -2.33. The molecule has 0 radical (unpaired) electrons. The van der Waals surface area contributed by atoms with Crippen LogP contribution in [0.3, 0.4) is 0 Å². The monoisotopic (exact) mass is 523 g/mol. The summed E-state index contributed by atoms with van der Waals surface area (Å²) in [6.45, 7) is 5.36. The molecule has 0 aliphatic heterocycles. The van der Waals surface area contributed by atoms with Gasteiger partial charge in [-0.05, 0) is 19.3 Å². The van der Waals surface area contributed by atoms with Gasteiger partial charge in [0.2, 0.25) is 0 Å². The highest BCUT2D eigenvalue weighted by atomic mass is 32.3. The molecule has 6 nitrogen and oxygen atoms in total. The van der Waals surface area contributed by atoms with E-state index in [0.29, 0.717) is 6.42 Å². The fourth-order valence-electron chi connectivity index (χ4n) is 4.09. The summed E-state index contributed by atoms with van der Waals surface area (Å²) in [6, 6.07) is 0. The molecule has 0 rings (SSSR count). The molecule has 0 aliphatic rings. The molecule has 0 heterocycles. The van der Waals surface area contributed by atoms with Gasteiger partial charge in [0.25, 0.3) is 0 Å². The molecule has 0 aliphatic carbocycles. The molecule has 0 unspecified atom stereocenters. The third-order valence-electron chi connectivity index (χ3n) is 6.28. The highest BCUT2D eigenvalue weighted by Gasteiger charge is 2.03. The Balaban J connectivity index is 0. The summed E-state index contributed by atoms with van der Waals surface area (Å²) in [5.41, 5.74) is 0. The average molecular weight is 524 g/mol. The fourth-order valence-corrected chi connectivity index (χ4v) is 4.42. The maximum atomic E-state index is 11.3. The van der Waals surface area contributed by atoms with Crippen molar-refractivity contribution < 1.29 is 21.8 Å². The Labute approximate surface area is 219 Å². The number of quaternary nitrogens is 1. The van der Waals surface area contributed by atoms with Gasteiger partial charge < -0.3 is 9.85 Å². The Morgan fingerprint density at radius 2 is 0.857 bits per heavy atom. The van der Waals surface area contributed by atoms with Crippen LogP contribution in [0.15, 0.2) is 0 Å². The van der Waals surface area contributed by atoms with Crippen LogP contribution in [0, 0.1) is 5.21 Å². The first-order valence-corrected chi connectivity index (χ1v) is 16.1. The van der Waals surface area contributed by atoms with Gasteiger partial charge in [0.05, 0.1) is 27.2 Å². The van der Waals surface area contributed by atoms with Crippen LogP contribution in [0.5, 0.6) is 0 Å². The zero-order chi connectivity index (χ0) is 26.7. The number of hydrogen-bond donors (Lipinski definition) is 1. The van der Waals surface area contributed by atoms with Crippen molar-refractivity contribution in [2.45, 2.75) is 155 Å². The minimum Gasteiger partial charge on any atom is -0.633 e. The highest BCUT2D eigenvalue weighted by Crippen LogP contribution is 2.13. The third kappa shape index (κ3) is 41.2. The van der Waals surface area contributed by atoms with Crippen LogP contribution in [0.25, 0.3) is 0 Å². The minimum absolute atomic E-state index is 0.0926. The summed E-state index contributed by atoms with van der Waals surface area (Å²) in [5.74, 6) is 0. The van der Waals surface area contributed by atoms with Crippen molar-refractivity contribution >= 4 is 10.4 Å². The van der Waals surface area contributed by atoms with Crippen LogP contribution in [0.2, 0.25) is 0 Å². The van der Waals surface area contributed by atoms with Crippen molar-refractivity contribution in [3.05, 3.63) is 5.21 Å². The van der Waals surface area contributed by atoms with E-state index in [2.05, 4.69) is 18.0 Å². The summed E-state index contributed by atoms with van der Waals surface area (Å²) in [6.07, 6.45) is 28.1. The number of hydroxylamine groups is 3. The average Bonchev–Trinajstić information content (AvgIpc) is 2.77. The quantitative estimate of drug-likeness (QED) is 0.0558. The summed E-state index contributed by atoms with van der Waals surface area (Å²) in [7, 11) is -0.765. The first-order valence-electron chi connectivity index (χ1n) is 14.8. The fraction of sp³-hybridized carbons (Fsp3) is 1.00. The molecule has 1 N–H and O–H groups in total. The van der Waals surface area contributed by atoms with Crippen molar-refractivity contribution in [3.63, 3.8) is 0 Å². The number of unbranched alkanes of at least 4 members (excludes halogenated alkanes) is 20. The molecule has 0 aromatic carbocycles. The van der Waals surface area contributed by atoms with Gasteiger partial charge >= 0.3 is 10.4 Å². The van der Waals surface area contributed by atoms with Gasteiger partial charge in [-0.1, -0.05) is 136 Å². The summed E-state index contributed by atoms with van der Waals surface area (Å²) < 4.78 is 32.9. The Morgan fingerprint density at radius 1 is 0.571 bits per heavy atom. The predicted molar refractivity (Wildman–Crippen MR) is 151 cm³/mol. The van der Waals surface area contributed by atoms with Gasteiger partial charge in [0.15, 0.2) is 0 Å². The van der Waals surface area contributed by atoms with E-state index in [9.17, 15) is 13.6 Å². The van der Waals surface area contributed by atoms with Gasteiger partial charge in [-0.15, -0.1) is 0 Å². The smallest absolute Gasteiger partial charge is 0.397 e. The van der Waals surface area contributed by atoms with E-state index in [1.165, 1.54) is 116 Å². The minimum atomic E-state index is -4.23. The second-order valence-electron chi connectivity index (χ2n) is 10.6.